The second-order valence-corrected chi connectivity index (χ2v) is 6.28. The lowest BCUT2D eigenvalue weighted by atomic mass is 10.1. The van der Waals surface area contributed by atoms with Gasteiger partial charge in [-0.15, -0.1) is 0 Å². The first-order chi connectivity index (χ1) is 13.0. The monoisotopic (exact) mass is 365 g/mol. The number of rotatable bonds is 5. The van der Waals surface area contributed by atoms with Crippen LogP contribution in [0.5, 0.6) is 0 Å². The highest BCUT2D eigenvalue weighted by Gasteiger charge is 2.14. The molecule has 0 atom stereocenters. The lowest BCUT2D eigenvalue weighted by Crippen LogP contribution is -2.22. The standard InChI is InChI=1S/C21H23N3O3/c1-4-24(5-2)17-11-8-15-12-18(21(23-26)27-19(15)13-17)20(25)22-16-9-6-14(3)7-10-16/h6-13,26H,4-5H2,1-3H3,(H,22,25)/b23-21-. The maximum Gasteiger partial charge on any atom is 0.268 e. The van der Waals surface area contributed by atoms with Crippen molar-refractivity contribution in [1.29, 1.82) is 0 Å². The number of hydrogen-bond acceptors (Lipinski definition) is 5. The zero-order valence-corrected chi connectivity index (χ0v) is 15.7. The molecule has 0 aliphatic carbocycles. The van der Waals surface area contributed by atoms with Crippen molar-refractivity contribution in [3.63, 3.8) is 0 Å². The predicted molar refractivity (Wildman–Crippen MR) is 106 cm³/mol. The summed E-state index contributed by atoms with van der Waals surface area (Å²) >= 11 is 0. The van der Waals surface area contributed by atoms with Crippen LogP contribution < -0.4 is 15.8 Å². The van der Waals surface area contributed by atoms with Crippen LogP contribution in [-0.4, -0.2) is 24.2 Å². The molecule has 3 aromatic rings. The fraction of sp³-hybridized carbons (Fsp3) is 0.238. The Hall–Kier alpha value is -3.28. The molecule has 0 saturated carbocycles. The third kappa shape index (κ3) is 3.95. The van der Waals surface area contributed by atoms with E-state index in [1.807, 2.05) is 49.4 Å². The second kappa shape index (κ2) is 7.95. The number of benzene rings is 2. The van der Waals surface area contributed by atoms with Gasteiger partial charge in [0, 0.05) is 35.9 Å². The maximum absolute atomic E-state index is 12.6. The van der Waals surface area contributed by atoms with E-state index in [2.05, 4.69) is 29.2 Å². The minimum atomic E-state index is -0.398. The molecule has 2 N–H and O–H groups in total. The molecule has 6 nitrogen and oxygen atoms in total. The van der Waals surface area contributed by atoms with E-state index < -0.39 is 5.91 Å². The molecule has 2 aromatic carbocycles. The zero-order valence-electron chi connectivity index (χ0n) is 15.7. The van der Waals surface area contributed by atoms with Crippen molar-refractivity contribution < 1.29 is 14.4 Å². The number of amides is 1. The first kappa shape index (κ1) is 18.5. The van der Waals surface area contributed by atoms with Crippen LogP contribution in [0, 0.1) is 6.92 Å². The number of carbonyl (C=O) groups is 1. The van der Waals surface area contributed by atoms with Crippen molar-refractivity contribution in [3.8, 4) is 0 Å². The number of anilines is 2. The summed E-state index contributed by atoms with van der Waals surface area (Å²) in [6, 6.07) is 14.9. The Morgan fingerprint density at radius 1 is 1.11 bits per heavy atom. The van der Waals surface area contributed by atoms with Gasteiger partial charge >= 0.3 is 0 Å². The van der Waals surface area contributed by atoms with Gasteiger partial charge in [0.25, 0.3) is 11.5 Å². The Bertz CT molecular complexity index is 1020. The molecule has 0 spiro atoms. The van der Waals surface area contributed by atoms with Gasteiger partial charge in [0.15, 0.2) is 0 Å². The van der Waals surface area contributed by atoms with Crippen LogP contribution in [0.1, 0.15) is 29.8 Å². The quantitative estimate of drug-likeness (QED) is 0.526. The summed E-state index contributed by atoms with van der Waals surface area (Å²) in [4.78, 5) is 14.8. The predicted octanol–water partition coefficient (Wildman–Crippen LogP) is 4.13. The van der Waals surface area contributed by atoms with E-state index in [0.717, 1.165) is 29.7 Å². The van der Waals surface area contributed by atoms with Crippen LogP contribution >= 0.6 is 0 Å². The molecule has 140 valence electrons. The van der Waals surface area contributed by atoms with Crippen molar-refractivity contribution >= 4 is 28.3 Å². The van der Waals surface area contributed by atoms with Crippen LogP contribution in [-0.2, 0) is 0 Å². The third-order valence-corrected chi connectivity index (χ3v) is 4.51. The van der Waals surface area contributed by atoms with Crippen molar-refractivity contribution in [2.45, 2.75) is 20.8 Å². The van der Waals surface area contributed by atoms with Gasteiger partial charge in [-0.3, -0.25) is 4.79 Å². The molecular weight excluding hydrogens is 342 g/mol. The van der Waals surface area contributed by atoms with Gasteiger partial charge in [-0.1, -0.05) is 17.7 Å². The van der Waals surface area contributed by atoms with Crippen LogP contribution in [0.2, 0.25) is 0 Å². The highest BCUT2D eigenvalue weighted by atomic mass is 16.5. The van der Waals surface area contributed by atoms with Gasteiger partial charge in [-0.25, -0.2) is 0 Å². The summed E-state index contributed by atoms with van der Waals surface area (Å²) in [6.07, 6.45) is 0. The SMILES string of the molecule is CCN(CC)c1ccc2cc(C(=O)Nc3ccc(C)cc3)/c(=N/O)oc2c1. The summed E-state index contributed by atoms with van der Waals surface area (Å²) < 4.78 is 5.70. The Morgan fingerprint density at radius 2 is 1.81 bits per heavy atom. The lowest BCUT2D eigenvalue weighted by Gasteiger charge is -2.21. The van der Waals surface area contributed by atoms with E-state index >= 15 is 0 Å². The Labute approximate surface area is 157 Å². The summed E-state index contributed by atoms with van der Waals surface area (Å²) in [7, 11) is 0. The van der Waals surface area contributed by atoms with Crippen molar-refractivity contribution in [2.75, 3.05) is 23.3 Å². The summed E-state index contributed by atoms with van der Waals surface area (Å²) in [5.41, 5.74) is 3.37. The molecule has 27 heavy (non-hydrogen) atoms. The first-order valence-corrected chi connectivity index (χ1v) is 8.94. The van der Waals surface area contributed by atoms with E-state index in [4.69, 9.17) is 4.42 Å². The highest BCUT2D eigenvalue weighted by molar-refractivity contribution is 6.05. The Morgan fingerprint density at radius 3 is 2.44 bits per heavy atom. The smallest absolute Gasteiger partial charge is 0.268 e. The number of carbonyl (C=O) groups excluding carboxylic acids is 1. The molecule has 6 heteroatoms. The van der Waals surface area contributed by atoms with Gasteiger partial charge in [0.05, 0.1) is 0 Å². The van der Waals surface area contributed by atoms with E-state index in [1.54, 1.807) is 6.07 Å². The zero-order chi connectivity index (χ0) is 19.4. The molecule has 0 aliphatic rings. The summed E-state index contributed by atoms with van der Waals surface area (Å²) in [5.74, 6) is -0.398. The van der Waals surface area contributed by atoms with E-state index in [1.165, 1.54) is 0 Å². The normalized spacial score (nSPS) is 11.6. The number of hydrogen-bond donors (Lipinski definition) is 2. The van der Waals surface area contributed by atoms with E-state index in [-0.39, 0.29) is 11.1 Å². The molecule has 0 unspecified atom stereocenters. The minimum Gasteiger partial charge on any atom is -0.435 e. The highest BCUT2D eigenvalue weighted by Crippen LogP contribution is 2.22. The number of fused-ring (bicyclic) bond motifs is 1. The number of nitrogens with one attached hydrogen (secondary N) is 1. The molecule has 0 bridgehead atoms. The van der Waals surface area contributed by atoms with Gasteiger partial charge in [-0.2, -0.15) is 0 Å². The van der Waals surface area contributed by atoms with Gasteiger partial charge in [0.2, 0.25) is 0 Å². The topological polar surface area (TPSA) is 78.1 Å². The number of nitrogens with zero attached hydrogens (tertiary/aromatic N) is 2. The maximum atomic E-state index is 12.6. The molecule has 3 rings (SSSR count). The first-order valence-electron chi connectivity index (χ1n) is 8.94. The largest absolute Gasteiger partial charge is 0.435 e. The minimum absolute atomic E-state index is 0.121. The van der Waals surface area contributed by atoms with Gasteiger partial charge < -0.3 is 19.8 Å². The molecule has 1 amide bonds. The van der Waals surface area contributed by atoms with Gasteiger partial charge in [-0.05, 0) is 56.3 Å². The fourth-order valence-corrected chi connectivity index (χ4v) is 2.96. The van der Waals surface area contributed by atoms with Crippen LogP contribution in [0.15, 0.2) is 58.1 Å². The van der Waals surface area contributed by atoms with Crippen molar-refractivity contribution in [1.82, 2.24) is 0 Å². The molecule has 1 aromatic heterocycles. The molecule has 0 fully saturated rings. The third-order valence-electron chi connectivity index (χ3n) is 4.51. The molecule has 0 radical (unpaired) electrons. The average molecular weight is 365 g/mol. The Balaban J connectivity index is 1.99. The fourth-order valence-electron chi connectivity index (χ4n) is 2.96. The van der Waals surface area contributed by atoms with E-state index in [9.17, 15) is 10.0 Å². The lowest BCUT2D eigenvalue weighted by molar-refractivity contribution is 0.102. The van der Waals surface area contributed by atoms with Crippen molar-refractivity contribution in [3.05, 3.63) is 65.2 Å². The summed E-state index contributed by atoms with van der Waals surface area (Å²) in [6.45, 7) is 7.88. The van der Waals surface area contributed by atoms with Crippen molar-refractivity contribution in [2.24, 2.45) is 5.16 Å². The molecular formula is C21H23N3O3. The second-order valence-electron chi connectivity index (χ2n) is 6.28. The average Bonchev–Trinajstić information content (AvgIpc) is 2.69. The molecule has 0 aliphatic heterocycles. The summed E-state index contributed by atoms with van der Waals surface area (Å²) in [5, 5.41) is 16.1. The number of aryl methyl sites for hydroxylation is 1. The molecule has 0 saturated heterocycles. The molecule has 1 heterocycles. The van der Waals surface area contributed by atoms with Crippen LogP contribution in [0.25, 0.3) is 11.0 Å². The van der Waals surface area contributed by atoms with Crippen LogP contribution in [0.3, 0.4) is 0 Å². The Kier molecular flexibility index (Phi) is 5.45. The van der Waals surface area contributed by atoms with E-state index in [0.29, 0.717) is 11.3 Å². The van der Waals surface area contributed by atoms with Gasteiger partial charge in [0.1, 0.15) is 11.1 Å². The van der Waals surface area contributed by atoms with Crippen LogP contribution in [0.4, 0.5) is 11.4 Å².